The number of rotatable bonds is 6. The normalized spacial score (nSPS) is 15.2. The fourth-order valence-electron chi connectivity index (χ4n) is 2.06. The molecule has 1 nitrogen and oxygen atoms in total. The van der Waals surface area contributed by atoms with Crippen molar-refractivity contribution in [3.8, 4) is 0 Å². The Morgan fingerprint density at radius 2 is 2.12 bits per heavy atom. The van der Waals surface area contributed by atoms with Gasteiger partial charge in [-0.25, -0.2) is 0 Å². The number of fused-ring (bicyclic) bond motifs is 1. The summed E-state index contributed by atoms with van der Waals surface area (Å²) in [7, 11) is 0. The lowest BCUT2D eigenvalue weighted by molar-refractivity contribution is 0.382. The number of hydrogen-bond donors (Lipinski definition) is 1. The second-order valence-corrected chi connectivity index (χ2v) is 6.68. The third-order valence-corrected chi connectivity index (χ3v) is 5.47. The first kappa shape index (κ1) is 13.1. The second-order valence-electron chi connectivity index (χ2n) is 4.62. The van der Waals surface area contributed by atoms with Crippen LogP contribution in [0.1, 0.15) is 44.5 Å². The molecule has 2 heterocycles. The zero-order valence-corrected chi connectivity index (χ0v) is 12.5. The fraction of sp³-hybridized carbons (Fsp3) is 0.571. The van der Waals surface area contributed by atoms with Crippen LogP contribution in [0.5, 0.6) is 0 Å². The quantitative estimate of drug-likeness (QED) is 0.772. The lowest BCUT2D eigenvalue weighted by Crippen LogP contribution is -2.26. The second kappa shape index (κ2) is 5.98. The van der Waals surface area contributed by atoms with Crippen LogP contribution in [0.15, 0.2) is 17.5 Å². The summed E-state index contributed by atoms with van der Waals surface area (Å²) >= 11 is 3.81. The van der Waals surface area contributed by atoms with Gasteiger partial charge in [0.15, 0.2) is 0 Å². The van der Waals surface area contributed by atoms with E-state index in [1.807, 2.05) is 22.7 Å². The maximum atomic E-state index is 3.70. The smallest absolute Gasteiger partial charge is 0.0454 e. The van der Waals surface area contributed by atoms with Crippen LogP contribution >= 0.6 is 22.7 Å². The first-order chi connectivity index (χ1) is 8.26. The Balaban J connectivity index is 2.21. The van der Waals surface area contributed by atoms with Crippen LogP contribution < -0.4 is 5.32 Å². The fourth-order valence-corrected chi connectivity index (χ4v) is 4.38. The molecule has 2 rings (SSSR count). The van der Waals surface area contributed by atoms with Gasteiger partial charge in [0, 0.05) is 20.3 Å². The maximum absolute atomic E-state index is 3.70. The zero-order valence-electron chi connectivity index (χ0n) is 10.8. The standard InChI is InChI=1S/C14H21NS2/c1-4-7-15-14(10(3)5-2)13-9-12-11(17-13)6-8-16-12/h6,8-10,14-15H,4-5,7H2,1-3H3. The summed E-state index contributed by atoms with van der Waals surface area (Å²) in [5.74, 6) is 0.703. The van der Waals surface area contributed by atoms with Gasteiger partial charge in [-0.15, -0.1) is 22.7 Å². The van der Waals surface area contributed by atoms with E-state index in [1.54, 1.807) is 0 Å². The predicted molar refractivity (Wildman–Crippen MR) is 80.2 cm³/mol. The largest absolute Gasteiger partial charge is 0.309 e. The summed E-state index contributed by atoms with van der Waals surface area (Å²) in [4.78, 5) is 1.51. The minimum Gasteiger partial charge on any atom is -0.309 e. The molecule has 2 aromatic rings. The number of hydrogen-bond acceptors (Lipinski definition) is 3. The van der Waals surface area contributed by atoms with Crippen LogP contribution in [0, 0.1) is 5.92 Å². The zero-order chi connectivity index (χ0) is 12.3. The lowest BCUT2D eigenvalue weighted by Gasteiger charge is -2.23. The van der Waals surface area contributed by atoms with Gasteiger partial charge < -0.3 is 5.32 Å². The van der Waals surface area contributed by atoms with Gasteiger partial charge in [-0.2, -0.15) is 0 Å². The predicted octanol–water partition coefficient (Wildman–Crippen LogP) is 5.05. The Morgan fingerprint density at radius 1 is 1.29 bits per heavy atom. The molecular weight excluding hydrogens is 246 g/mol. The minimum atomic E-state index is 0.532. The van der Waals surface area contributed by atoms with Crippen molar-refractivity contribution < 1.29 is 0 Å². The van der Waals surface area contributed by atoms with Crippen molar-refractivity contribution in [2.45, 2.75) is 39.7 Å². The van der Waals surface area contributed by atoms with Crippen LogP contribution in [0.2, 0.25) is 0 Å². The van der Waals surface area contributed by atoms with E-state index in [0.29, 0.717) is 12.0 Å². The van der Waals surface area contributed by atoms with Crippen molar-refractivity contribution in [3.05, 3.63) is 22.4 Å². The Hall–Kier alpha value is -0.380. The monoisotopic (exact) mass is 267 g/mol. The molecule has 2 unspecified atom stereocenters. The van der Waals surface area contributed by atoms with Gasteiger partial charge in [-0.05, 0) is 36.4 Å². The summed E-state index contributed by atoms with van der Waals surface area (Å²) in [6, 6.07) is 5.15. The summed E-state index contributed by atoms with van der Waals surface area (Å²) in [5.41, 5.74) is 0. The van der Waals surface area contributed by atoms with Crippen LogP contribution in [0.25, 0.3) is 9.40 Å². The van der Waals surface area contributed by atoms with Crippen LogP contribution in [0.4, 0.5) is 0 Å². The van der Waals surface area contributed by atoms with Gasteiger partial charge >= 0.3 is 0 Å². The van der Waals surface area contributed by atoms with Crippen molar-refractivity contribution in [1.29, 1.82) is 0 Å². The molecule has 3 heteroatoms. The highest BCUT2D eigenvalue weighted by molar-refractivity contribution is 7.26. The van der Waals surface area contributed by atoms with Crippen LogP contribution in [-0.4, -0.2) is 6.54 Å². The molecule has 17 heavy (non-hydrogen) atoms. The molecule has 0 saturated carbocycles. The molecule has 0 aromatic carbocycles. The SMILES string of the molecule is CCCNC(c1cc2sccc2s1)C(C)CC. The van der Waals surface area contributed by atoms with Gasteiger partial charge in [-0.3, -0.25) is 0 Å². The first-order valence-electron chi connectivity index (χ1n) is 6.46. The molecule has 0 bridgehead atoms. The van der Waals surface area contributed by atoms with Crippen LogP contribution in [-0.2, 0) is 0 Å². The average Bonchev–Trinajstić information content (AvgIpc) is 2.89. The van der Waals surface area contributed by atoms with Gasteiger partial charge in [0.1, 0.15) is 0 Å². The van der Waals surface area contributed by atoms with Gasteiger partial charge in [0.25, 0.3) is 0 Å². The minimum absolute atomic E-state index is 0.532. The van der Waals surface area contributed by atoms with Crippen molar-refractivity contribution in [1.82, 2.24) is 5.32 Å². The molecule has 0 saturated heterocycles. The van der Waals surface area contributed by atoms with Crippen molar-refractivity contribution in [2.75, 3.05) is 6.54 Å². The number of nitrogens with one attached hydrogen (secondary N) is 1. The molecule has 0 radical (unpaired) electrons. The highest BCUT2D eigenvalue weighted by atomic mass is 32.1. The van der Waals surface area contributed by atoms with E-state index in [0.717, 1.165) is 6.54 Å². The van der Waals surface area contributed by atoms with Crippen molar-refractivity contribution in [3.63, 3.8) is 0 Å². The van der Waals surface area contributed by atoms with Gasteiger partial charge in [-0.1, -0.05) is 27.2 Å². The van der Waals surface area contributed by atoms with E-state index in [1.165, 1.54) is 27.1 Å². The van der Waals surface area contributed by atoms with Crippen LogP contribution in [0.3, 0.4) is 0 Å². The van der Waals surface area contributed by atoms with Gasteiger partial charge in [0.05, 0.1) is 0 Å². The molecule has 94 valence electrons. The summed E-state index contributed by atoms with van der Waals surface area (Å²) < 4.78 is 2.88. The molecule has 2 aromatic heterocycles. The topological polar surface area (TPSA) is 12.0 Å². The highest BCUT2D eigenvalue weighted by Crippen LogP contribution is 2.36. The van der Waals surface area contributed by atoms with Gasteiger partial charge in [0.2, 0.25) is 0 Å². The number of thiophene rings is 2. The Bertz CT molecular complexity index is 429. The Labute approximate surface area is 112 Å². The molecule has 0 aliphatic heterocycles. The molecule has 0 aliphatic rings. The van der Waals surface area contributed by atoms with Crippen molar-refractivity contribution >= 4 is 32.1 Å². The van der Waals surface area contributed by atoms with E-state index >= 15 is 0 Å². The molecule has 0 aliphatic carbocycles. The molecule has 0 fully saturated rings. The van der Waals surface area contributed by atoms with E-state index in [-0.39, 0.29) is 0 Å². The highest BCUT2D eigenvalue weighted by Gasteiger charge is 2.19. The maximum Gasteiger partial charge on any atom is 0.0454 e. The average molecular weight is 267 g/mol. The van der Waals surface area contributed by atoms with E-state index in [4.69, 9.17) is 0 Å². The van der Waals surface area contributed by atoms with E-state index in [2.05, 4.69) is 43.6 Å². The molecular formula is C14H21NS2. The Kier molecular flexibility index (Phi) is 4.60. The molecule has 1 N–H and O–H groups in total. The molecule has 0 amide bonds. The third-order valence-electron chi connectivity index (χ3n) is 3.29. The third kappa shape index (κ3) is 2.90. The van der Waals surface area contributed by atoms with E-state index in [9.17, 15) is 0 Å². The van der Waals surface area contributed by atoms with E-state index < -0.39 is 0 Å². The lowest BCUT2D eigenvalue weighted by atomic mass is 9.97. The van der Waals surface area contributed by atoms with Crippen molar-refractivity contribution in [2.24, 2.45) is 5.92 Å². The summed E-state index contributed by atoms with van der Waals surface area (Å²) in [6.45, 7) is 7.97. The first-order valence-corrected chi connectivity index (χ1v) is 8.16. The Morgan fingerprint density at radius 3 is 2.76 bits per heavy atom. The summed E-state index contributed by atoms with van der Waals surface area (Å²) in [6.07, 6.45) is 2.43. The molecule has 2 atom stereocenters. The summed E-state index contributed by atoms with van der Waals surface area (Å²) in [5, 5.41) is 5.89. The molecule has 0 spiro atoms.